The maximum absolute atomic E-state index is 12.8. The first-order valence-corrected chi connectivity index (χ1v) is 5.48. The molecule has 0 radical (unpaired) electrons. The van der Waals surface area contributed by atoms with Crippen LogP contribution in [0.1, 0.15) is 19.3 Å². The molecule has 0 fully saturated rings. The predicted octanol–water partition coefficient (Wildman–Crippen LogP) is 3.65. The number of hydrogen-bond donors (Lipinski definition) is 0. The van der Waals surface area contributed by atoms with E-state index in [0.717, 1.165) is 12.1 Å². The van der Waals surface area contributed by atoms with Crippen LogP contribution in [-0.2, 0) is 4.79 Å². The number of halogens is 5. The van der Waals surface area contributed by atoms with Crippen molar-refractivity contribution in [3.8, 4) is 5.75 Å². The van der Waals surface area contributed by atoms with Crippen LogP contribution in [0.5, 0.6) is 5.75 Å². The number of unbranched alkanes of at least 4 members (excludes halogenated alkanes) is 1. The number of hydrogen-bond acceptors (Lipinski definition) is 2. The molecule has 0 heterocycles. The fourth-order valence-electron chi connectivity index (χ4n) is 1.33. The Morgan fingerprint density at radius 1 is 1.05 bits per heavy atom. The highest BCUT2D eigenvalue weighted by Gasteiger charge is 2.37. The number of carbonyl (C=O) groups is 1. The lowest BCUT2D eigenvalue weighted by molar-refractivity contribution is -0.171. The van der Waals surface area contributed by atoms with Crippen LogP contribution in [0, 0.1) is 11.6 Å². The van der Waals surface area contributed by atoms with Crippen LogP contribution in [0.4, 0.5) is 22.0 Å². The topological polar surface area (TPSA) is 26.3 Å². The number of ether oxygens (including phenoxy) is 1. The van der Waals surface area contributed by atoms with Gasteiger partial charge in [-0.25, -0.2) is 8.78 Å². The third-order valence-electron chi connectivity index (χ3n) is 2.22. The van der Waals surface area contributed by atoms with Crippen LogP contribution in [0.15, 0.2) is 18.2 Å². The zero-order chi connectivity index (χ0) is 14.5. The second-order valence-electron chi connectivity index (χ2n) is 3.83. The summed E-state index contributed by atoms with van der Waals surface area (Å²) in [4.78, 5) is 10.5. The normalized spacial score (nSPS) is 11.4. The molecule has 19 heavy (non-hydrogen) atoms. The monoisotopic (exact) mass is 282 g/mol. The average molecular weight is 282 g/mol. The van der Waals surface area contributed by atoms with E-state index in [9.17, 15) is 26.7 Å². The first kappa shape index (κ1) is 15.4. The molecular weight excluding hydrogens is 271 g/mol. The summed E-state index contributed by atoms with van der Waals surface area (Å²) < 4.78 is 66.0. The van der Waals surface area contributed by atoms with Gasteiger partial charge in [-0.15, -0.1) is 0 Å². The molecular formula is C12H11F5O2. The molecule has 0 atom stereocenters. The van der Waals surface area contributed by atoms with Gasteiger partial charge in [-0.3, -0.25) is 4.79 Å². The molecule has 1 aromatic carbocycles. The Morgan fingerprint density at radius 3 is 2.16 bits per heavy atom. The first-order valence-electron chi connectivity index (χ1n) is 5.48. The third kappa shape index (κ3) is 5.67. The molecule has 106 valence electrons. The molecule has 0 aliphatic rings. The van der Waals surface area contributed by atoms with Gasteiger partial charge in [0.05, 0.1) is 6.61 Å². The first-order chi connectivity index (χ1) is 8.79. The molecule has 0 N–H and O–H groups in total. The summed E-state index contributed by atoms with van der Waals surface area (Å²) in [6.45, 7) is -0.0198. The van der Waals surface area contributed by atoms with Crippen molar-refractivity contribution in [3.05, 3.63) is 29.8 Å². The van der Waals surface area contributed by atoms with Gasteiger partial charge in [0.2, 0.25) is 5.78 Å². The number of ketones is 1. The number of benzene rings is 1. The predicted molar refractivity (Wildman–Crippen MR) is 56.8 cm³/mol. The summed E-state index contributed by atoms with van der Waals surface area (Å²) in [5, 5.41) is 0. The highest BCUT2D eigenvalue weighted by molar-refractivity contribution is 5.83. The Balaban J connectivity index is 2.26. The molecule has 0 bridgehead atoms. The van der Waals surface area contributed by atoms with Crippen LogP contribution in [0.3, 0.4) is 0 Å². The quantitative estimate of drug-likeness (QED) is 0.588. The Morgan fingerprint density at radius 2 is 1.63 bits per heavy atom. The van der Waals surface area contributed by atoms with E-state index < -0.39 is 30.0 Å². The van der Waals surface area contributed by atoms with E-state index in [0.29, 0.717) is 6.07 Å². The molecule has 0 saturated carbocycles. The molecule has 0 aromatic heterocycles. The zero-order valence-electron chi connectivity index (χ0n) is 9.77. The maximum Gasteiger partial charge on any atom is 0.449 e. The van der Waals surface area contributed by atoms with Gasteiger partial charge in [-0.1, -0.05) is 0 Å². The molecule has 0 spiro atoms. The van der Waals surface area contributed by atoms with Crippen molar-refractivity contribution in [1.29, 1.82) is 0 Å². The summed E-state index contributed by atoms with van der Waals surface area (Å²) in [5.74, 6) is -3.44. The van der Waals surface area contributed by atoms with Crippen molar-refractivity contribution in [2.45, 2.75) is 25.4 Å². The minimum Gasteiger partial charge on any atom is -0.493 e. The van der Waals surface area contributed by atoms with E-state index in [2.05, 4.69) is 0 Å². The zero-order valence-corrected chi connectivity index (χ0v) is 9.77. The van der Waals surface area contributed by atoms with E-state index in [-0.39, 0.29) is 25.2 Å². The highest BCUT2D eigenvalue weighted by atomic mass is 19.4. The van der Waals surface area contributed by atoms with E-state index in [1.807, 2.05) is 0 Å². The minimum atomic E-state index is -4.81. The van der Waals surface area contributed by atoms with Gasteiger partial charge in [-0.05, 0) is 12.8 Å². The van der Waals surface area contributed by atoms with Gasteiger partial charge in [0.15, 0.2) is 0 Å². The van der Waals surface area contributed by atoms with E-state index in [1.54, 1.807) is 0 Å². The number of rotatable bonds is 6. The van der Waals surface area contributed by atoms with Crippen LogP contribution in [0.2, 0.25) is 0 Å². The standard InChI is InChI=1S/C12H11F5O2/c13-8-5-9(14)7-10(6-8)19-4-2-1-3-11(18)12(15,16)17/h5-7H,1-4H2. The Hall–Kier alpha value is -1.66. The summed E-state index contributed by atoms with van der Waals surface area (Å²) in [7, 11) is 0. The summed E-state index contributed by atoms with van der Waals surface area (Å²) >= 11 is 0. The SMILES string of the molecule is O=C(CCCCOc1cc(F)cc(F)c1)C(F)(F)F. The van der Waals surface area contributed by atoms with Crippen LogP contribution in [-0.4, -0.2) is 18.6 Å². The molecule has 0 saturated heterocycles. The van der Waals surface area contributed by atoms with Crippen molar-refractivity contribution in [2.24, 2.45) is 0 Å². The van der Waals surface area contributed by atoms with E-state index in [4.69, 9.17) is 4.74 Å². The largest absolute Gasteiger partial charge is 0.493 e. The Kier molecular flexibility index (Phi) is 5.26. The van der Waals surface area contributed by atoms with E-state index in [1.165, 1.54) is 0 Å². The number of carbonyl (C=O) groups excluding carboxylic acids is 1. The molecule has 0 aliphatic heterocycles. The summed E-state index contributed by atoms with van der Waals surface area (Å²) in [5.41, 5.74) is 0. The average Bonchev–Trinajstić information content (AvgIpc) is 2.25. The lowest BCUT2D eigenvalue weighted by Crippen LogP contribution is -2.22. The van der Waals surface area contributed by atoms with Gasteiger partial charge < -0.3 is 4.74 Å². The molecule has 1 aromatic rings. The number of Topliss-reactive ketones (excluding diaryl/α,β-unsaturated/α-hetero) is 1. The smallest absolute Gasteiger partial charge is 0.449 e. The van der Waals surface area contributed by atoms with Crippen LogP contribution in [0.25, 0.3) is 0 Å². The van der Waals surface area contributed by atoms with Gasteiger partial charge in [0.25, 0.3) is 0 Å². The van der Waals surface area contributed by atoms with Gasteiger partial charge in [0.1, 0.15) is 17.4 Å². The summed E-state index contributed by atoms with van der Waals surface area (Å²) in [6.07, 6.45) is -5.26. The molecule has 2 nitrogen and oxygen atoms in total. The maximum atomic E-state index is 12.8. The summed E-state index contributed by atoms with van der Waals surface area (Å²) in [6, 6.07) is 2.60. The molecule has 7 heteroatoms. The Labute approximate surface area is 106 Å². The fraction of sp³-hybridized carbons (Fsp3) is 0.417. The van der Waals surface area contributed by atoms with Crippen LogP contribution < -0.4 is 4.74 Å². The Bertz CT molecular complexity index is 422. The van der Waals surface area contributed by atoms with Crippen molar-refractivity contribution in [1.82, 2.24) is 0 Å². The van der Waals surface area contributed by atoms with Crippen molar-refractivity contribution < 1.29 is 31.5 Å². The fourth-order valence-corrected chi connectivity index (χ4v) is 1.33. The second kappa shape index (κ2) is 6.49. The lowest BCUT2D eigenvalue weighted by atomic mass is 10.2. The minimum absolute atomic E-state index is 0.00383. The second-order valence-corrected chi connectivity index (χ2v) is 3.83. The van der Waals surface area contributed by atoms with Gasteiger partial charge >= 0.3 is 6.18 Å². The van der Waals surface area contributed by atoms with Crippen molar-refractivity contribution in [2.75, 3.05) is 6.61 Å². The molecule has 0 amide bonds. The van der Waals surface area contributed by atoms with Gasteiger partial charge in [0, 0.05) is 24.6 Å². The molecule has 1 rings (SSSR count). The molecule has 0 aliphatic carbocycles. The highest BCUT2D eigenvalue weighted by Crippen LogP contribution is 2.19. The molecule has 0 unspecified atom stereocenters. The third-order valence-corrected chi connectivity index (χ3v) is 2.22. The van der Waals surface area contributed by atoms with Crippen LogP contribution >= 0.6 is 0 Å². The lowest BCUT2D eigenvalue weighted by Gasteiger charge is -2.07. The van der Waals surface area contributed by atoms with Gasteiger partial charge in [-0.2, -0.15) is 13.2 Å². The number of alkyl halides is 3. The van der Waals surface area contributed by atoms with E-state index >= 15 is 0 Å². The van der Waals surface area contributed by atoms with Crippen molar-refractivity contribution in [3.63, 3.8) is 0 Å². The van der Waals surface area contributed by atoms with Crippen molar-refractivity contribution >= 4 is 5.78 Å².